The molecule has 1 aromatic rings. The van der Waals surface area contributed by atoms with Gasteiger partial charge in [0.05, 0.1) is 0 Å². The molecule has 14 heavy (non-hydrogen) atoms. The van der Waals surface area contributed by atoms with E-state index in [2.05, 4.69) is 0 Å². The molecular weight excluding hydrogens is 231 g/mol. The second-order valence-electron chi connectivity index (χ2n) is 2.20. The zero-order valence-corrected chi connectivity index (χ0v) is 12.0. The van der Waals surface area contributed by atoms with Crippen LogP contribution in [0.1, 0.15) is 13.3 Å². The second kappa shape index (κ2) is 9.95. The molecule has 0 atom stereocenters. The van der Waals surface area contributed by atoms with Crippen LogP contribution in [0.15, 0.2) is 24.3 Å². The van der Waals surface area contributed by atoms with Crippen LogP contribution in [0.5, 0.6) is 5.75 Å². The van der Waals surface area contributed by atoms with Crippen LogP contribution in [0, 0.1) is 0 Å². The molecule has 0 saturated heterocycles. The molecule has 0 heterocycles. The normalized spacial score (nSPS) is 7.86. The van der Waals surface area contributed by atoms with Crippen LogP contribution in [-0.2, 0) is 4.79 Å². The molecule has 0 aromatic heterocycles. The Bertz CT molecular complexity index is 261. The summed E-state index contributed by atoms with van der Waals surface area (Å²) in [5.74, 6) is -0.789. The van der Waals surface area contributed by atoms with Crippen LogP contribution in [0.25, 0.3) is 0 Å². The van der Waals surface area contributed by atoms with Gasteiger partial charge in [-0.2, -0.15) is 0 Å². The fourth-order valence-corrected chi connectivity index (χ4v) is 0.647. The van der Waals surface area contributed by atoms with Crippen molar-refractivity contribution in [1.29, 1.82) is 0 Å². The molecule has 0 unspecified atom stereocenters. The van der Waals surface area contributed by atoms with Crippen molar-refractivity contribution in [2.75, 3.05) is 0 Å². The van der Waals surface area contributed by atoms with Crippen molar-refractivity contribution in [3.8, 4) is 5.75 Å². The number of carbonyl (C=O) groups is 1. The van der Waals surface area contributed by atoms with E-state index in [0.29, 0.717) is 5.02 Å². The van der Waals surface area contributed by atoms with Gasteiger partial charge in [-0.1, -0.05) is 36.7 Å². The third-order valence-electron chi connectivity index (χ3n) is 1.10. The molecule has 1 N–H and O–H groups in total. The number of carboxylic acid groups (broad SMARTS) is 1. The minimum Gasteiger partial charge on any atom is -0.872 e. The Hall–Kier alpha value is 0.416. The first-order valence-corrected chi connectivity index (χ1v) is 4.08. The molecule has 1 rings (SSSR count). The summed E-state index contributed by atoms with van der Waals surface area (Å²) in [6.45, 7) is 1.60. The average molecular weight is 241 g/mol. The van der Waals surface area contributed by atoms with Gasteiger partial charge in [-0.05, 0) is 6.07 Å². The van der Waals surface area contributed by atoms with E-state index in [9.17, 15) is 9.90 Å². The number of carboxylic acids is 1. The molecule has 0 aliphatic carbocycles. The predicted octanol–water partition coefficient (Wildman–Crippen LogP) is -1.10. The number of halogens is 1. The van der Waals surface area contributed by atoms with Crippen LogP contribution < -0.4 is 56.5 Å². The van der Waals surface area contributed by atoms with E-state index in [-0.39, 0.29) is 63.6 Å². The Morgan fingerprint density at radius 2 is 2.07 bits per heavy atom. The second-order valence-corrected chi connectivity index (χ2v) is 2.64. The average Bonchev–Trinajstić information content (AvgIpc) is 2.05. The monoisotopic (exact) mass is 240 g/mol. The van der Waals surface area contributed by atoms with Crippen molar-refractivity contribution in [2.45, 2.75) is 13.3 Å². The molecule has 0 aliphatic heterocycles. The van der Waals surface area contributed by atoms with Gasteiger partial charge in [-0.3, -0.25) is 4.79 Å². The summed E-state index contributed by atoms with van der Waals surface area (Å²) in [6.07, 6.45) is 0.222. The van der Waals surface area contributed by atoms with Gasteiger partial charge in [0, 0.05) is 11.4 Å². The number of hydrogen-bond donors (Lipinski definition) is 1. The van der Waals surface area contributed by atoms with Gasteiger partial charge >= 0.3 is 57.4 Å². The number of aliphatic carboxylic acids is 1. The minimum absolute atomic E-state index is 0. The van der Waals surface area contributed by atoms with Gasteiger partial charge in [0.15, 0.2) is 0 Å². The van der Waals surface area contributed by atoms with Gasteiger partial charge in [0.1, 0.15) is 0 Å². The van der Waals surface area contributed by atoms with Crippen molar-refractivity contribution in [3.05, 3.63) is 29.3 Å². The summed E-state index contributed by atoms with van der Waals surface area (Å²) in [5, 5.41) is 18.6. The molecule has 5 heteroatoms. The van der Waals surface area contributed by atoms with E-state index in [1.165, 1.54) is 12.1 Å². The molecular formula is C9H10ClKO3. The van der Waals surface area contributed by atoms with E-state index in [0.717, 1.165) is 0 Å². The fraction of sp³-hybridized carbons (Fsp3) is 0.222. The predicted molar refractivity (Wildman–Crippen MR) is 48.8 cm³/mol. The van der Waals surface area contributed by atoms with Crippen molar-refractivity contribution >= 4 is 17.6 Å². The van der Waals surface area contributed by atoms with E-state index < -0.39 is 5.97 Å². The Morgan fingerprint density at radius 3 is 2.29 bits per heavy atom. The van der Waals surface area contributed by atoms with Crippen LogP contribution in [-0.4, -0.2) is 11.1 Å². The zero-order valence-electron chi connectivity index (χ0n) is 8.16. The minimum atomic E-state index is -0.745. The summed E-state index contributed by atoms with van der Waals surface area (Å²) >= 11 is 5.44. The SMILES string of the molecule is CCC(=O)O.[K+].[O-]c1cccc(Cl)c1. The first kappa shape index (κ1) is 16.8. The Labute approximate surface area is 131 Å². The van der Waals surface area contributed by atoms with E-state index >= 15 is 0 Å². The van der Waals surface area contributed by atoms with Gasteiger partial charge in [-0.15, -0.1) is 5.75 Å². The number of hydrogen-bond acceptors (Lipinski definition) is 2. The zero-order chi connectivity index (χ0) is 10.3. The maximum absolute atomic E-state index is 10.4. The van der Waals surface area contributed by atoms with Crippen molar-refractivity contribution in [3.63, 3.8) is 0 Å². The van der Waals surface area contributed by atoms with Gasteiger partial charge in [0.25, 0.3) is 0 Å². The summed E-state index contributed by atoms with van der Waals surface area (Å²) in [6, 6.07) is 6.14. The molecule has 0 saturated carbocycles. The van der Waals surface area contributed by atoms with E-state index in [1.807, 2.05) is 0 Å². The maximum atomic E-state index is 10.4. The summed E-state index contributed by atoms with van der Waals surface area (Å²) in [5.41, 5.74) is 0. The number of rotatable bonds is 1. The third-order valence-corrected chi connectivity index (χ3v) is 1.33. The van der Waals surface area contributed by atoms with Gasteiger partial charge in [0.2, 0.25) is 0 Å². The Kier molecular flexibility index (Phi) is 12.0. The Balaban J connectivity index is 0. The molecule has 72 valence electrons. The van der Waals surface area contributed by atoms with Crippen LogP contribution >= 0.6 is 11.6 Å². The Morgan fingerprint density at radius 1 is 1.57 bits per heavy atom. The van der Waals surface area contributed by atoms with Gasteiger partial charge in [-0.25, -0.2) is 0 Å². The standard InChI is InChI=1S/C6H5ClO.C3H6O2.K/c7-5-2-1-3-6(8)4-5;1-2-3(4)5;/h1-4,8H;2H2,1H3,(H,4,5);/q;;+1/p-1. The van der Waals surface area contributed by atoms with Crippen molar-refractivity contribution in [2.24, 2.45) is 0 Å². The molecule has 0 aliphatic rings. The van der Waals surface area contributed by atoms with Crippen molar-refractivity contribution in [1.82, 2.24) is 0 Å². The number of benzene rings is 1. The van der Waals surface area contributed by atoms with Gasteiger partial charge < -0.3 is 10.2 Å². The topological polar surface area (TPSA) is 60.4 Å². The molecule has 0 fully saturated rings. The molecule has 0 amide bonds. The smallest absolute Gasteiger partial charge is 0.872 e. The van der Waals surface area contributed by atoms with E-state index in [1.54, 1.807) is 19.1 Å². The third kappa shape index (κ3) is 10.5. The molecule has 0 bridgehead atoms. The molecule has 1 aromatic carbocycles. The molecule has 3 nitrogen and oxygen atoms in total. The summed E-state index contributed by atoms with van der Waals surface area (Å²) < 4.78 is 0. The fourth-order valence-electron chi connectivity index (χ4n) is 0.467. The van der Waals surface area contributed by atoms with Crippen LogP contribution in [0.4, 0.5) is 0 Å². The van der Waals surface area contributed by atoms with Crippen LogP contribution in [0.2, 0.25) is 5.02 Å². The largest absolute Gasteiger partial charge is 1.00 e. The summed E-state index contributed by atoms with van der Waals surface area (Å²) in [7, 11) is 0. The maximum Gasteiger partial charge on any atom is 1.00 e. The first-order valence-electron chi connectivity index (χ1n) is 3.70. The van der Waals surface area contributed by atoms with Crippen molar-refractivity contribution < 1.29 is 66.4 Å². The first-order chi connectivity index (χ1) is 6.06. The quantitative estimate of drug-likeness (QED) is 0.634. The molecule has 0 radical (unpaired) electrons. The van der Waals surface area contributed by atoms with E-state index in [4.69, 9.17) is 16.7 Å². The molecule has 0 spiro atoms. The van der Waals surface area contributed by atoms with Crippen LogP contribution in [0.3, 0.4) is 0 Å². The summed E-state index contributed by atoms with van der Waals surface area (Å²) in [4.78, 5) is 9.37.